The van der Waals surface area contributed by atoms with E-state index < -0.39 is 0 Å². The molecular weight excluding hydrogens is 578 g/mol. The Morgan fingerprint density at radius 3 is 1.77 bits per heavy atom. The van der Waals surface area contributed by atoms with Crippen LogP contribution in [0.15, 0.2) is 156 Å². The van der Waals surface area contributed by atoms with Crippen molar-refractivity contribution in [1.29, 1.82) is 0 Å². The highest BCUT2D eigenvalue weighted by atomic mass is 16.3. The maximum absolute atomic E-state index is 6.42. The van der Waals surface area contributed by atoms with Crippen LogP contribution in [-0.2, 0) is 0 Å². The third-order valence-electron chi connectivity index (χ3n) is 8.46. The Labute approximate surface area is 270 Å². The van der Waals surface area contributed by atoms with Crippen LogP contribution in [0.25, 0.3) is 89.4 Å². The maximum Gasteiger partial charge on any atom is 0.180 e. The average Bonchev–Trinajstić information content (AvgIpc) is 3.55. The fourth-order valence-corrected chi connectivity index (χ4v) is 6.14. The molecule has 3 heterocycles. The molecule has 6 aromatic carbocycles. The summed E-state index contributed by atoms with van der Waals surface area (Å²) < 4.78 is 6.42. The lowest BCUT2D eigenvalue weighted by Crippen LogP contribution is -2.00. The van der Waals surface area contributed by atoms with Crippen LogP contribution < -0.4 is 0 Å². The lowest BCUT2D eigenvalue weighted by atomic mass is 10.0. The van der Waals surface area contributed by atoms with Gasteiger partial charge in [0.2, 0.25) is 0 Å². The number of benzene rings is 6. The monoisotopic (exact) mass is 603 g/mol. The third kappa shape index (κ3) is 4.80. The average molecular weight is 604 g/mol. The predicted octanol–water partition coefficient (Wildman–Crippen LogP) is 10.0. The van der Waals surface area contributed by atoms with Crippen molar-refractivity contribution in [2.24, 2.45) is 0 Å². The number of rotatable bonds is 5. The molecule has 47 heavy (non-hydrogen) atoms. The van der Waals surface area contributed by atoms with Crippen molar-refractivity contribution in [3.8, 4) is 56.5 Å². The van der Waals surface area contributed by atoms with Gasteiger partial charge in [-0.25, -0.2) is 24.9 Å². The number of fused-ring (bicyclic) bond motifs is 5. The van der Waals surface area contributed by atoms with Crippen LogP contribution in [-0.4, -0.2) is 24.9 Å². The van der Waals surface area contributed by atoms with E-state index in [1.54, 1.807) is 6.33 Å². The van der Waals surface area contributed by atoms with Crippen LogP contribution in [0, 0.1) is 0 Å². The zero-order valence-electron chi connectivity index (χ0n) is 25.1. The van der Waals surface area contributed by atoms with Gasteiger partial charge in [-0.1, -0.05) is 133 Å². The lowest BCUT2D eigenvalue weighted by molar-refractivity contribution is 0.667. The van der Waals surface area contributed by atoms with Gasteiger partial charge in [0, 0.05) is 22.3 Å². The molecule has 220 valence electrons. The van der Waals surface area contributed by atoms with Crippen molar-refractivity contribution in [3.05, 3.63) is 152 Å². The first-order valence-electron chi connectivity index (χ1n) is 15.4. The van der Waals surface area contributed by atoms with E-state index in [4.69, 9.17) is 24.4 Å². The minimum absolute atomic E-state index is 0.573. The summed E-state index contributed by atoms with van der Waals surface area (Å²) in [7, 11) is 0. The Kier molecular flexibility index (Phi) is 6.35. The maximum atomic E-state index is 6.42. The zero-order valence-corrected chi connectivity index (χ0v) is 25.1. The first-order chi connectivity index (χ1) is 23.3. The molecule has 0 spiro atoms. The SMILES string of the molecule is c1ccc(-c2ccc(-c3nc(-c4ccccc4)nc(-c4cccc(-c5ncnc6c5oc5ccc7ccccc7c56)c4)n3)cc2)cc1. The topological polar surface area (TPSA) is 77.6 Å². The third-order valence-corrected chi connectivity index (χ3v) is 8.46. The molecule has 6 heteroatoms. The largest absolute Gasteiger partial charge is 0.452 e. The van der Waals surface area contributed by atoms with Crippen molar-refractivity contribution in [3.63, 3.8) is 0 Å². The number of hydrogen-bond donors (Lipinski definition) is 0. The standard InChI is InChI=1S/C41H25N5O/c1-3-10-26(11-4-1)27-18-20-30(21-19-27)40-44-39(29-13-5-2-6-14-29)45-41(46-40)32-16-9-15-31(24-32)36-38-37(43-25-42-36)35-33-17-8-7-12-28(33)22-23-34(35)47-38/h1-25H. The second-order valence-corrected chi connectivity index (χ2v) is 11.4. The summed E-state index contributed by atoms with van der Waals surface area (Å²) in [4.78, 5) is 24.2. The van der Waals surface area contributed by atoms with Crippen molar-refractivity contribution in [2.45, 2.75) is 0 Å². The fourth-order valence-electron chi connectivity index (χ4n) is 6.14. The van der Waals surface area contributed by atoms with Crippen LogP contribution in [0.5, 0.6) is 0 Å². The molecule has 0 atom stereocenters. The highest BCUT2D eigenvalue weighted by Gasteiger charge is 2.18. The van der Waals surface area contributed by atoms with Crippen LogP contribution in [0.2, 0.25) is 0 Å². The first-order valence-corrected chi connectivity index (χ1v) is 15.4. The molecule has 0 aliphatic rings. The summed E-state index contributed by atoms with van der Waals surface area (Å²) in [6.07, 6.45) is 1.61. The molecule has 0 radical (unpaired) electrons. The van der Waals surface area contributed by atoms with E-state index in [1.165, 1.54) is 0 Å². The van der Waals surface area contributed by atoms with Crippen molar-refractivity contribution < 1.29 is 4.42 Å². The summed E-state index contributed by atoms with van der Waals surface area (Å²) in [5.41, 5.74) is 8.79. The molecule has 0 N–H and O–H groups in total. The molecule has 9 rings (SSSR count). The summed E-state index contributed by atoms with van der Waals surface area (Å²) in [5, 5.41) is 3.23. The molecule has 0 aliphatic heterocycles. The molecule has 9 aromatic rings. The van der Waals surface area contributed by atoms with Crippen LogP contribution in [0.1, 0.15) is 0 Å². The van der Waals surface area contributed by atoms with Gasteiger partial charge in [0.1, 0.15) is 23.1 Å². The van der Waals surface area contributed by atoms with Gasteiger partial charge < -0.3 is 4.42 Å². The second kappa shape index (κ2) is 11.1. The zero-order chi connectivity index (χ0) is 31.2. The Bertz CT molecular complexity index is 2560. The van der Waals surface area contributed by atoms with Crippen LogP contribution >= 0.6 is 0 Å². The normalized spacial score (nSPS) is 11.4. The molecular formula is C41H25N5O. The van der Waals surface area contributed by atoms with E-state index in [1.807, 2.05) is 84.9 Å². The van der Waals surface area contributed by atoms with Gasteiger partial charge in [-0.05, 0) is 34.0 Å². The fraction of sp³-hybridized carbons (Fsp3) is 0. The molecule has 0 bridgehead atoms. The summed E-state index contributed by atoms with van der Waals surface area (Å²) in [6, 6.07) is 49.1. The Balaban J connectivity index is 1.17. The Hall–Kier alpha value is -6.53. The molecule has 3 aromatic heterocycles. The molecule has 0 unspecified atom stereocenters. The molecule has 0 fully saturated rings. The van der Waals surface area contributed by atoms with E-state index in [0.29, 0.717) is 28.8 Å². The van der Waals surface area contributed by atoms with E-state index >= 15 is 0 Å². The van der Waals surface area contributed by atoms with Gasteiger partial charge in [0.05, 0.1) is 5.39 Å². The van der Waals surface area contributed by atoms with Gasteiger partial charge in [0.15, 0.2) is 23.1 Å². The summed E-state index contributed by atoms with van der Waals surface area (Å²) >= 11 is 0. The van der Waals surface area contributed by atoms with Crippen LogP contribution in [0.3, 0.4) is 0 Å². The van der Waals surface area contributed by atoms with Gasteiger partial charge in [-0.15, -0.1) is 0 Å². The Morgan fingerprint density at radius 2 is 1.00 bits per heavy atom. The lowest BCUT2D eigenvalue weighted by Gasteiger charge is -2.10. The molecule has 0 aliphatic carbocycles. The smallest absolute Gasteiger partial charge is 0.180 e. The van der Waals surface area contributed by atoms with Gasteiger partial charge in [-0.2, -0.15) is 0 Å². The molecule has 0 saturated carbocycles. The van der Waals surface area contributed by atoms with Crippen LogP contribution in [0.4, 0.5) is 0 Å². The summed E-state index contributed by atoms with van der Waals surface area (Å²) in [5.74, 6) is 1.79. The first kappa shape index (κ1) is 26.8. The predicted molar refractivity (Wildman–Crippen MR) is 187 cm³/mol. The highest BCUT2D eigenvalue weighted by molar-refractivity contribution is 6.18. The van der Waals surface area contributed by atoms with E-state index in [-0.39, 0.29) is 0 Å². The van der Waals surface area contributed by atoms with E-state index in [2.05, 4.69) is 65.6 Å². The van der Waals surface area contributed by atoms with Gasteiger partial charge in [-0.3, -0.25) is 0 Å². The van der Waals surface area contributed by atoms with Gasteiger partial charge in [0.25, 0.3) is 0 Å². The molecule has 6 nitrogen and oxygen atoms in total. The second-order valence-electron chi connectivity index (χ2n) is 11.4. The van der Waals surface area contributed by atoms with Crippen molar-refractivity contribution in [1.82, 2.24) is 24.9 Å². The number of hydrogen-bond acceptors (Lipinski definition) is 6. The number of furan rings is 1. The highest BCUT2D eigenvalue weighted by Crippen LogP contribution is 2.38. The van der Waals surface area contributed by atoms with Gasteiger partial charge >= 0.3 is 0 Å². The van der Waals surface area contributed by atoms with E-state index in [9.17, 15) is 0 Å². The summed E-state index contributed by atoms with van der Waals surface area (Å²) in [6.45, 7) is 0. The number of nitrogens with zero attached hydrogens (tertiary/aromatic N) is 5. The quantitative estimate of drug-likeness (QED) is 0.195. The molecule has 0 saturated heterocycles. The van der Waals surface area contributed by atoms with Crippen molar-refractivity contribution in [2.75, 3.05) is 0 Å². The minimum atomic E-state index is 0.573. The van der Waals surface area contributed by atoms with Crippen molar-refractivity contribution >= 4 is 32.8 Å². The van der Waals surface area contributed by atoms with E-state index in [0.717, 1.165) is 60.6 Å². The minimum Gasteiger partial charge on any atom is -0.452 e. The number of aromatic nitrogens is 5. The Morgan fingerprint density at radius 1 is 0.426 bits per heavy atom. The molecule has 0 amide bonds.